The third kappa shape index (κ3) is 0.881. The fraction of sp³-hybridized carbons (Fsp3) is 0. The highest BCUT2D eigenvalue weighted by atomic mass is 16.1. The number of allylic oxidation sites excluding steroid dienone is 1. The van der Waals surface area contributed by atoms with Crippen molar-refractivity contribution in [3.8, 4) is 0 Å². The van der Waals surface area contributed by atoms with E-state index in [1.807, 2.05) is 0 Å². The fourth-order valence-corrected chi connectivity index (χ4v) is 0.931. The zero-order valence-corrected chi connectivity index (χ0v) is 5.61. The molecule has 1 N–H and O–H groups in total. The van der Waals surface area contributed by atoms with Crippen molar-refractivity contribution in [1.82, 2.24) is 10.2 Å². The first kappa shape index (κ1) is 6.03. The van der Waals surface area contributed by atoms with E-state index in [1.54, 1.807) is 18.3 Å². The summed E-state index contributed by atoms with van der Waals surface area (Å²) in [4.78, 5) is 14.5. The quantitative estimate of drug-likeness (QED) is 0.625. The van der Waals surface area contributed by atoms with Crippen molar-refractivity contribution in [2.24, 2.45) is 4.99 Å². The van der Waals surface area contributed by atoms with Gasteiger partial charge in [-0.25, -0.2) is 4.99 Å². The molecule has 1 amide bonds. The molecule has 1 aliphatic rings. The third-order valence-electron chi connectivity index (χ3n) is 1.45. The number of carbonyl (C=O) groups excluding carboxylic acids is 1. The zero-order chi connectivity index (χ0) is 7.68. The number of aromatic nitrogens is 2. The molecule has 0 atom stereocenters. The average Bonchev–Trinajstić information content (AvgIpc) is 2.55. The molecule has 0 saturated heterocycles. The molecule has 0 bridgehead atoms. The van der Waals surface area contributed by atoms with E-state index in [9.17, 15) is 4.79 Å². The van der Waals surface area contributed by atoms with Gasteiger partial charge in [0.05, 0.1) is 11.3 Å². The largest absolute Gasteiger partial charge is 0.279 e. The number of amides is 1. The standard InChI is InChI=1S/C7H5N3O/c11-7-5(1-3-8-7)6-2-4-9-10-6/h1-4H,(H,9,10). The van der Waals surface area contributed by atoms with Gasteiger partial charge in [-0.2, -0.15) is 5.10 Å². The first-order valence-electron chi connectivity index (χ1n) is 3.16. The normalized spacial score (nSPS) is 15.6. The van der Waals surface area contributed by atoms with Gasteiger partial charge in [0.1, 0.15) is 0 Å². The highest BCUT2D eigenvalue weighted by Gasteiger charge is 2.14. The summed E-state index contributed by atoms with van der Waals surface area (Å²) in [7, 11) is 0. The highest BCUT2D eigenvalue weighted by Crippen LogP contribution is 2.14. The van der Waals surface area contributed by atoms with E-state index in [0.717, 1.165) is 0 Å². The summed E-state index contributed by atoms with van der Waals surface area (Å²) in [6.07, 6.45) is 4.75. The van der Waals surface area contributed by atoms with Gasteiger partial charge in [-0.1, -0.05) is 0 Å². The fourth-order valence-electron chi connectivity index (χ4n) is 0.931. The Kier molecular flexibility index (Phi) is 1.18. The molecule has 0 fully saturated rings. The van der Waals surface area contributed by atoms with E-state index in [-0.39, 0.29) is 5.91 Å². The summed E-state index contributed by atoms with van der Waals surface area (Å²) in [6, 6.07) is 1.73. The molecule has 11 heavy (non-hydrogen) atoms. The second-order valence-corrected chi connectivity index (χ2v) is 2.13. The maximum atomic E-state index is 11.0. The number of nitrogens with zero attached hydrogens (tertiary/aromatic N) is 2. The predicted octanol–water partition coefficient (Wildman–Crippen LogP) is 0.404. The van der Waals surface area contributed by atoms with Gasteiger partial charge in [0, 0.05) is 12.4 Å². The van der Waals surface area contributed by atoms with Crippen molar-refractivity contribution in [3.05, 3.63) is 24.0 Å². The molecule has 0 unspecified atom stereocenters. The second kappa shape index (κ2) is 2.16. The maximum Gasteiger partial charge on any atom is 0.279 e. The van der Waals surface area contributed by atoms with Crippen LogP contribution in [0.15, 0.2) is 23.3 Å². The number of nitrogens with one attached hydrogen (secondary N) is 1. The smallest absolute Gasteiger partial charge is 0.278 e. The summed E-state index contributed by atoms with van der Waals surface area (Å²) < 4.78 is 0. The van der Waals surface area contributed by atoms with Crippen LogP contribution in [0.3, 0.4) is 0 Å². The first-order chi connectivity index (χ1) is 5.38. The van der Waals surface area contributed by atoms with E-state index >= 15 is 0 Å². The molecular weight excluding hydrogens is 142 g/mol. The molecule has 1 aromatic heterocycles. The number of carbonyl (C=O) groups is 1. The molecule has 0 saturated carbocycles. The lowest BCUT2D eigenvalue weighted by Gasteiger charge is -1.90. The van der Waals surface area contributed by atoms with Crippen molar-refractivity contribution < 1.29 is 4.79 Å². The lowest BCUT2D eigenvalue weighted by atomic mass is 10.2. The Morgan fingerprint density at radius 3 is 2.91 bits per heavy atom. The number of hydrogen-bond acceptors (Lipinski definition) is 2. The number of aliphatic imine (C=N–C) groups is 1. The van der Waals surface area contributed by atoms with E-state index in [0.29, 0.717) is 11.3 Å². The Morgan fingerprint density at radius 2 is 2.36 bits per heavy atom. The molecule has 1 aromatic rings. The van der Waals surface area contributed by atoms with Crippen LogP contribution in [-0.2, 0) is 4.79 Å². The van der Waals surface area contributed by atoms with Crippen LogP contribution in [0.5, 0.6) is 0 Å². The third-order valence-corrected chi connectivity index (χ3v) is 1.45. The Balaban J connectivity index is 2.40. The Hall–Kier alpha value is -1.71. The molecule has 1 aliphatic heterocycles. The highest BCUT2D eigenvalue weighted by molar-refractivity contribution is 6.28. The van der Waals surface area contributed by atoms with Gasteiger partial charge in [0.2, 0.25) is 0 Å². The summed E-state index contributed by atoms with van der Waals surface area (Å²) in [5, 5.41) is 6.42. The van der Waals surface area contributed by atoms with E-state index in [1.165, 1.54) is 6.21 Å². The van der Waals surface area contributed by atoms with Gasteiger partial charge in [0.25, 0.3) is 5.91 Å². The van der Waals surface area contributed by atoms with Crippen LogP contribution in [0.2, 0.25) is 0 Å². The Labute approximate surface area is 62.6 Å². The van der Waals surface area contributed by atoms with Crippen LogP contribution in [0.1, 0.15) is 5.69 Å². The van der Waals surface area contributed by atoms with Crippen LogP contribution < -0.4 is 0 Å². The van der Waals surface area contributed by atoms with Crippen LogP contribution >= 0.6 is 0 Å². The summed E-state index contributed by atoms with van der Waals surface area (Å²) >= 11 is 0. The molecule has 0 aliphatic carbocycles. The average molecular weight is 147 g/mol. The van der Waals surface area contributed by atoms with E-state index < -0.39 is 0 Å². The van der Waals surface area contributed by atoms with Crippen LogP contribution in [0.25, 0.3) is 5.57 Å². The zero-order valence-electron chi connectivity index (χ0n) is 5.61. The molecule has 54 valence electrons. The topological polar surface area (TPSA) is 58.1 Å². The minimum Gasteiger partial charge on any atom is -0.278 e. The van der Waals surface area contributed by atoms with Gasteiger partial charge in [-0.15, -0.1) is 0 Å². The molecule has 0 aromatic carbocycles. The molecule has 4 heteroatoms. The van der Waals surface area contributed by atoms with Crippen molar-refractivity contribution in [2.45, 2.75) is 0 Å². The number of H-pyrrole nitrogens is 1. The summed E-state index contributed by atoms with van der Waals surface area (Å²) in [6.45, 7) is 0. The Morgan fingerprint density at radius 1 is 1.45 bits per heavy atom. The number of hydrogen-bond donors (Lipinski definition) is 1. The Bertz CT molecular complexity index is 335. The molecule has 0 radical (unpaired) electrons. The summed E-state index contributed by atoms with van der Waals surface area (Å²) in [5.41, 5.74) is 1.29. The van der Waals surface area contributed by atoms with Gasteiger partial charge >= 0.3 is 0 Å². The van der Waals surface area contributed by atoms with Crippen LogP contribution in [-0.4, -0.2) is 22.3 Å². The lowest BCUT2D eigenvalue weighted by Crippen LogP contribution is -1.93. The SMILES string of the molecule is O=C1N=CC=C1c1ccn[nH]1. The molecule has 2 heterocycles. The minimum absolute atomic E-state index is 0.214. The first-order valence-corrected chi connectivity index (χ1v) is 3.16. The van der Waals surface area contributed by atoms with E-state index in [4.69, 9.17) is 0 Å². The van der Waals surface area contributed by atoms with Crippen molar-refractivity contribution in [1.29, 1.82) is 0 Å². The lowest BCUT2D eigenvalue weighted by molar-refractivity contribution is -0.112. The van der Waals surface area contributed by atoms with Crippen LogP contribution in [0.4, 0.5) is 0 Å². The van der Waals surface area contributed by atoms with Crippen molar-refractivity contribution >= 4 is 17.7 Å². The maximum absolute atomic E-state index is 11.0. The van der Waals surface area contributed by atoms with Gasteiger partial charge < -0.3 is 0 Å². The molecule has 4 nitrogen and oxygen atoms in total. The van der Waals surface area contributed by atoms with Crippen molar-refractivity contribution in [3.63, 3.8) is 0 Å². The van der Waals surface area contributed by atoms with Crippen LogP contribution in [0, 0.1) is 0 Å². The predicted molar refractivity (Wildman–Crippen MR) is 40.1 cm³/mol. The molecule has 0 spiro atoms. The second-order valence-electron chi connectivity index (χ2n) is 2.13. The monoisotopic (exact) mass is 147 g/mol. The molecule has 2 rings (SSSR count). The number of aromatic amines is 1. The summed E-state index contributed by atoms with van der Waals surface area (Å²) in [5.74, 6) is -0.214. The van der Waals surface area contributed by atoms with Crippen molar-refractivity contribution in [2.75, 3.05) is 0 Å². The van der Waals surface area contributed by atoms with Gasteiger partial charge in [-0.3, -0.25) is 9.89 Å². The molecular formula is C7H5N3O. The minimum atomic E-state index is -0.214. The van der Waals surface area contributed by atoms with Gasteiger partial charge in [-0.05, 0) is 12.1 Å². The number of rotatable bonds is 1. The van der Waals surface area contributed by atoms with Gasteiger partial charge in [0.15, 0.2) is 0 Å². The van der Waals surface area contributed by atoms with E-state index in [2.05, 4.69) is 15.2 Å².